The van der Waals surface area contributed by atoms with Crippen LogP contribution in [0.5, 0.6) is 0 Å². The van der Waals surface area contributed by atoms with Crippen LogP contribution in [0.15, 0.2) is 0 Å². The van der Waals surface area contributed by atoms with E-state index >= 15 is 0 Å². The second-order valence-electron chi connectivity index (χ2n) is 8.37. The minimum Gasteiger partial charge on any atom is -0.444 e. The number of carbonyl (C=O) groups is 1. The van der Waals surface area contributed by atoms with Gasteiger partial charge in [0.15, 0.2) is 0 Å². The van der Waals surface area contributed by atoms with E-state index in [1.165, 1.54) is 0 Å². The highest BCUT2D eigenvalue weighted by molar-refractivity contribution is 7.47. The van der Waals surface area contributed by atoms with Gasteiger partial charge in [0.1, 0.15) is 11.8 Å². The van der Waals surface area contributed by atoms with Crippen molar-refractivity contribution in [3.8, 4) is 0 Å². The number of nitrogens with zero attached hydrogens (tertiary/aromatic N) is 2. The van der Waals surface area contributed by atoms with Crippen LogP contribution in [0.1, 0.15) is 52.9 Å². The number of hydrogen-bond acceptors (Lipinski definition) is 7. The maximum atomic E-state index is 11.9. The predicted molar refractivity (Wildman–Crippen MR) is 106 cm³/mol. The van der Waals surface area contributed by atoms with Crippen LogP contribution in [0.4, 0.5) is 4.79 Å². The zero-order valence-corrected chi connectivity index (χ0v) is 18.3. The number of phosphoric acid groups is 1. The molecule has 2 N–H and O–H groups in total. The van der Waals surface area contributed by atoms with Crippen molar-refractivity contribution in [1.82, 2.24) is 15.1 Å². The van der Waals surface area contributed by atoms with Crippen LogP contribution < -0.4 is 5.32 Å². The maximum absolute atomic E-state index is 11.9. The number of piperazine rings is 1. The first kappa shape index (κ1) is 23.6. The highest BCUT2D eigenvalue weighted by Crippen LogP contribution is 2.47. The van der Waals surface area contributed by atoms with Crippen LogP contribution in [0.2, 0.25) is 0 Å². The fourth-order valence-electron chi connectivity index (χ4n) is 3.33. The molecule has 10 heteroatoms. The minimum absolute atomic E-state index is 0.275. The lowest BCUT2D eigenvalue weighted by Crippen LogP contribution is -2.51. The Hall–Kier alpha value is -0.700. The van der Waals surface area contributed by atoms with E-state index in [4.69, 9.17) is 13.8 Å². The number of hydrogen-bond donors (Lipinski definition) is 2. The smallest absolute Gasteiger partial charge is 0.444 e. The van der Waals surface area contributed by atoms with Gasteiger partial charge in [-0.15, -0.1) is 0 Å². The van der Waals surface area contributed by atoms with Gasteiger partial charge in [-0.1, -0.05) is 0 Å². The van der Waals surface area contributed by atoms with E-state index in [9.17, 15) is 14.3 Å². The highest BCUT2D eigenvalue weighted by atomic mass is 31.2. The number of carbonyl (C=O) groups excluding carboxylic acids is 1. The predicted octanol–water partition coefficient (Wildman–Crippen LogP) is 2.55. The molecule has 0 aliphatic carbocycles. The number of unbranched alkanes of at least 4 members (excludes halogenated alkanes) is 1. The largest absolute Gasteiger partial charge is 0.473 e. The van der Waals surface area contributed by atoms with E-state index in [0.717, 1.165) is 64.8 Å². The molecular weight excluding hydrogens is 385 g/mol. The Kier molecular flexibility index (Phi) is 9.18. The van der Waals surface area contributed by atoms with Crippen molar-refractivity contribution in [2.75, 3.05) is 45.9 Å². The molecule has 9 nitrogen and oxygen atoms in total. The van der Waals surface area contributed by atoms with E-state index in [2.05, 4.69) is 15.1 Å². The number of amides is 1. The van der Waals surface area contributed by atoms with Crippen LogP contribution in [0.3, 0.4) is 0 Å². The second-order valence-corrected chi connectivity index (χ2v) is 9.78. The van der Waals surface area contributed by atoms with Crippen LogP contribution in [-0.4, -0.2) is 78.5 Å². The minimum atomic E-state index is -3.94. The summed E-state index contributed by atoms with van der Waals surface area (Å²) in [7, 11) is -3.94. The topological polar surface area (TPSA) is 101 Å². The molecule has 2 aliphatic rings. The Morgan fingerprint density at radius 3 is 2.61 bits per heavy atom. The van der Waals surface area contributed by atoms with Gasteiger partial charge in [-0.2, -0.15) is 0 Å². The van der Waals surface area contributed by atoms with Gasteiger partial charge >= 0.3 is 13.9 Å². The van der Waals surface area contributed by atoms with Gasteiger partial charge < -0.3 is 19.8 Å². The first-order valence-corrected chi connectivity index (χ1v) is 11.7. The molecule has 2 rings (SSSR count). The Bertz CT molecular complexity index is 534. The summed E-state index contributed by atoms with van der Waals surface area (Å²) < 4.78 is 27.4. The van der Waals surface area contributed by atoms with Crippen LogP contribution in [0.25, 0.3) is 0 Å². The van der Waals surface area contributed by atoms with Crippen LogP contribution in [-0.2, 0) is 18.3 Å². The summed E-state index contributed by atoms with van der Waals surface area (Å²) in [5, 5.41) is 2.78. The molecule has 2 fully saturated rings. The summed E-state index contributed by atoms with van der Waals surface area (Å²) in [4.78, 5) is 25.8. The van der Waals surface area contributed by atoms with Crippen molar-refractivity contribution in [2.45, 2.75) is 64.7 Å². The van der Waals surface area contributed by atoms with E-state index in [1.54, 1.807) is 0 Å². The zero-order valence-electron chi connectivity index (χ0n) is 17.4. The number of phosphoric ester groups is 1. The average Bonchev–Trinajstić information content (AvgIpc) is 2.57. The monoisotopic (exact) mass is 421 g/mol. The van der Waals surface area contributed by atoms with Gasteiger partial charge in [-0.05, 0) is 59.4 Å². The molecule has 2 heterocycles. The van der Waals surface area contributed by atoms with Crippen molar-refractivity contribution < 1.29 is 28.0 Å². The van der Waals surface area contributed by atoms with E-state index in [-0.39, 0.29) is 18.9 Å². The molecule has 0 saturated carbocycles. The average molecular weight is 421 g/mol. The number of alkyl carbamates (subject to hydrolysis) is 1. The Morgan fingerprint density at radius 2 is 1.93 bits per heavy atom. The zero-order chi connectivity index (χ0) is 20.6. The van der Waals surface area contributed by atoms with Crippen LogP contribution >= 0.6 is 7.82 Å². The molecule has 0 aromatic heterocycles. The maximum Gasteiger partial charge on any atom is 0.473 e. The first-order valence-electron chi connectivity index (χ1n) is 10.2. The SMILES string of the molecule is CC(C)(C)OC(=O)NCCCCN1CCN(C2CCCCOP(=O)(O)O2)CC1. The molecule has 2 atom stereocenters. The molecule has 164 valence electrons. The van der Waals surface area contributed by atoms with Crippen molar-refractivity contribution in [3.63, 3.8) is 0 Å². The fraction of sp³-hybridized carbons (Fsp3) is 0.944. The van der Waals surface area contributed by atoms with Crippen molar-refractivity contribution in [3.05, 3.63) is 0 Å². The van der Waals surface area contributed by atoms with Gasteiger partial charge in [0, 0.05) is 32.7 Å². The van der Waals surface area contributed by atoms with Crippen molar-refractivity contribution >= 4 is 13.9 Å². The molecule has 28 heavy (non-hydrogen) atoms. The molecular formula is C18H36N3O6P. The van der Waals surface area contributed by atoms with Gasteiger partial charge in [0.05, 0.1) is 6.61 Å². The van der Waals surface area contributed by atoms with E-state index in [1.807, 2.05) is 20.8 Å². The van der Waals surface area contributed by atoms with E-state index < -0.39 is 13.4 Å². The molecule has 2 unspecified atom stereocenters. The van der Waals surface area contributed by atoms with Gasteiger partial charge in [-0.3, -0.25) is 13.9 Å². The quantitative estimate of drug-likeness (QED) is 0.499. The molecule has 0 radical (unpaired) electrons. The number of ether oxygens (including phenoxy) is 1. The number of rotatable bonds is 6. The molecule has 2 saturated heterocycles. The van der Waals surface area contributed by atoms with Gasteiger partial charge in [-0.25, -0.2) is 9.36 Å². The molecule has 0 aromatic carbocycles. The summed E-state index contributed by atoms with van der Waals surface area (Å²) in [5.74, 6) is 0. The van der Waals surface area contributed by atoms with E-state index in [0.29, 0.717) is 6.54 Å². The normalized spacial score (nSPS) is 28.4. The lowest BCUT2D eigenvalue weighted by molar-refractivity contribution is -0.0406. The lowest BCUT2D eigenvalue weighted by Gasteiger charge is -2.39. The van der Waals surface area contributed by atoms with Gasteiger partial charge in [0.25, 0.3) is 0 Å². The van der Waals surface area contributed by atoms with Gasteiger partial charge in [0.2, 0.25) is 0 Å². The molecule has 0 spiro atoms. The Labute approximate surface area is 168 Å². The summed E-state index contributed by atoms with van der Waals surface area (Å²) in [6.07, 6.45) is 3.63. The summed E-state index contributed by atoms with van der Waals surface area (Å²) in [6.45, 7) is 10.8. The van der Waals surface area contributed by atoms with Crippen molar-refractivity contribution in [1.29, 1.82) is 0 Å². The second kappa shape index (κ2) is 10.9. The fourth-order valence-corrected chi connectivity index (χ4v) is 4.29. The first-order chi connectivity index (χ1) is 13.1. The summed E-state index contributed by atoms with van der Waals surface area (Å²) >= 11 is 0. The Morgan fingerprint density at radius 1 is 1.21 bits per heavy atom. The summed E-state index contributed by atoms with van der Waals surface area (Å²) in [5.41, 5.74) is -0.472. The molecule has 2 aliphatic heterocycles. The third-order valence-electron chi connectivity index (χ3n) is 4.74. The third-order valence-corrected chi connectivity index (χ3v) is 5.76. The highest BCUT2D eigenvalue weighted by Gasteiger charge is 2.33. The van der Waals surface area contributed by atoms with Crippen LogP contribution in [0, 0.1) is 0 Å². The van der Waals surface area contributed by atoms with Crippen molar-refractivity contribution in [2.24, 2.45) is 0 Å². The standard InChI is InChI=1S/C18H36N3O6P/c1-18(2,3)26-17(22)19-9-5-6-10-20-11-13-21(14-12-20)16-8-4-7-15-25-28(23,24)27-16/h16H,4-15H2,1-3H3,(H,19,22)(H,23,24). The third kappa shape index (κ3) is 9.20. The molecule has 0 aromatic rings. The Balaban J connectivity index is 1.60. The number of nitrogens with one attached hydrogen (secondary N) is 1. The lowest BCUT2D eigenvalue weighted by atomic mass is 10.2. The molecule has 0 bridgehead atoms. The summed E-state index contributed by atoms with van der Waals surface area (Å²) in [6, 6.07) is 0. The molecule has 1 amide bonds.